The third kappa shape index (κ3) is 39.0. The Labute approximate surface area is 617 Å². The van der Waals surface area contributed by atoms with Gasteiger partial charge in [-0.25, -0.2) is 0 Å². The van der Waals surface area contributed by atoms with Gasteiger partial charge >= 0.3 is 23.9 Å². The van der Waals surface area contributed by atoms with Gasteiger partial charge in [0.15, 0.2) is 5.96 Å². The number of hydrogen-bond acceptors (Lipinski definition) is 25. The van der Waals surface area contributed by atoms with E-state index in [0.29, 0.717) is 0 Å². The van der Waals surface area contributed by atoms with Crippen molar-refractivity contribution in [1.82, 2.24) is 69.1 Å². The summed E-state index contributed by atoms with van der Waals surface area (Å²) in [6, 6.07) is -23.0. The fourth-order valence-corrected chi connectivity index (χ4v) is 9.44. The van der Waals surface area contributed by atoms with Crippen LogP contribution in [-0.2, 0) is 95.9 Å². The normalized spacial score (nSPS) is 14.9. The van der Waals surface area contributed by atoms with Crippen molar-refractivity contribution in [3.63, 3.8) is 0 Å². The van der Waals surface area contributed by atoms with E-state index in [4.69, 9.17) is 34.4 Å². The Bertz CT molecular complexity index is 3240. The van der Waals surface area contributed by atoms with Crippen LogP contribution in [0.2, 0.25) is 0 Å². The van der Waals surface area contributed by atoms with Gasteiger partial charge in [-0.3, -0.25) is 101 Å². The van der Waals surface area contributed by atoms with Crippen LogP contribution in [0.4, 0.5) is 0 Å². The number of hydrogen-bond donors (Lipinski definition) is 26. The van der Waals surface area contributed by atoms with Crippen LogP contribution >= 0.6 is 0 Å². The summed E-state index contributed by atoms with van der Waals surface area (Å²) < 4.78 is 0. The zero-order valence-corrected chi connectivity index (χ0v) is 60.2. The molecule has 32 N–H and O–H groups in total. The van der Waals surface area contributed by atoms with E-state index in [1.807, 2.05) is 5.32 Å². The van der Waals surface area contributed by atoms with Crippen molar-refractivity contribution >= 4 is 124 Å². The van der Waals surface area contributed by atoms with Crippen LogP contribution in [0.3, 0.4) is 0 Å². The number of carbonyl (C=O) groups is 20. The maximum atomic E-state index is 14.0. The lowest BCUT2D eigenvalue weighted by atomic mass is 10.0. The molecule has 0 aromatic rings. The average molecular weight is 1550 g/mol. The molecule has 47 nitrogen and oxygen atoms in total. The topological polar surface area (TPSA) is 808 Å². The minimum atomic E-state index is -2.11. The first kappa shape index (κ1) is 96.5. The average Bonchev–Trinajstić information content (AvgIpc) is 0.861. The van der Waals surface area contributed by atoms with Gasteiger partial charge in [-0.15, -0.1) is 0 Å². The van der Waals surface area contributed by atoms with Gasteiger partial charge in [-0.2, -0.15) is 0 Å². The number of guanidine groups is 1. The van der Waals surface area contributed by atoms with Gasteiger partial charge in [0.1, 0.15) is 78.5 Å². The van der Waals surface area contributed by atoms with Crippen LogP contribution in [0.1, 0.15) is 131 Å². The van der Waals surface area contributed by atoms with Crippen molar-refractivity contribution in [2.75, 3.05) is 26.3 Å². The number of rotatable bonds is 54. The molecule has 608 valence electrons. The van der Waals surface area contributed by atoms with E-state index in [1.165, 1.54) is 13.8 Å². The number of carboxylic acids is 4. The third-order valence-corrected chi connectivity index (χ3v) is 15.3. The molecule has 108 heavy (non-hydrogen) atoms. The minimum Gasteiger partial charge on any atom is -0.481 e. The number of primary amides is 3. The largest absolute Gasteiger partial charge is 0.481 e. The summed E-state index contributed by atoms with van der Waals surface area (Å²) in [6.07, 6.45) is -10.4. The van der Waals surface area contributed by atoms with E-state index < -0.39 is 305 Å². The van der Waals surface area contributed by atoms with Crippen LogP contribution < -0.4 is 104 Å². The highest BCUT2D eigenvalue weighted by Crippen LogP contribution is 2.13. The molecular formula is C61H102N20O27. The Hall–Kier alpha value is -11.5. The number of aliphatic carboxylic acids is 4. The van der Waals surface area contributed by atoms with Gasteiger partial charge in [-0.05, 0) is 77.0 Å². The Morgan fingerprint density at radius 2 is 0.731 bits per heavy atom. The van der Waals surface area contributed by atoms with Crippen molar-refractivity contribution in [2.24, 2.45) is 51.2 Å². The van der Waals surface area contributed by atoms with Crippen molar-refractivity contribution in [3.8, 4) is 0 Å². The summed E-state index contributed by atoms with van der Waals surface area (Å²) in [5.41, 5.74) is 32.2. The predicted molar refractivity (Wildman–Crippen MR) is 369 cm³/mol. The van der Waals surface area contributed by atoms with E-state index in [0.717, 1.165) is 13.8 Å². The lowest BCUT2D eigenvalue weighted by molar-refractivity contribution is -0.140. The van der Waals surface area contributed by atoms with Gasteiger partial charge in [0.2, 0.25) is 94.5 Å². The maximum Gasteiger partial charge on any atom is 0.303 e. The fraction of sp³-hybridized carbons (Fsp3) is 0.656. The van der Waals surface area contributed by atoms with Crippen LogP contribution in [0.5, 0.6) is 0 Å². The van der Waals surface area contributed by atoms with Gasteiger partial charge < -0.3 is 139 Å². The number of aliphatic hydroxyl groups is 3. The number of nitrogens with zero attached hydrogens (tertiary/aromatic N) is 1. The van der Waals surface area contributed by atoms with Crippen molar-refractivity contribution in [2.45, 2.75) is 216 Å². The number of nitrogens with one attached hydrogen (secondary N) is 13. The summed E-state index contributed by atoms with van der Waals surface area (Å²) in [5, 5.41) is 96.5. The summed E-state index contributed by atoms with van der Waals surface area (Å²) in [6.45, 7) is 5.10. The van der Waals surface area contributed by atoms with Crippen LogP contribution in [0, 0.1) is 11.8 Å². The Balaban J connectivity index is 6.65. The van der Waals surface area contributed by atoms with Crippen LogP contribution in [-0.4, -0.2) is 271 Å². The second kappa shape index (κ2) is 49.3. The number of carboxylic acid groups (broad SMARTS) is 4. The number of amides is 16. The van der Waals surface area contributed by atoms with Crippen molar-refractivity contribution < 1.29 is 132 Å². The first-order valence-corrected chi connectivity index (χ1v) is 33.6. The fourth-order valence-electron chi connectivity index (χ4n) is 9.44. The minimum absolute atomic E-state index is 0.0145. The first-order valence-electron chi connectivity index (χ1n) is 33.6. The zero-order chi connectivity index (χ0) is 83.0. The lowest BCUT2D eigenvalue weighted by Crippen LogP contribution is -2.62. The van der Waals surface area contributed by atoms with E-state index in [9.17, 15) is 132 Å². The molecule has 0 aromatic heterocycles. The second-order valence-corrected chi connectivity index (χ2v) is 25.4. The molecule has 0 fully saturated rings. The molecule has 0 aliphatic heterocycles. The standard InChI is InChI=1S/C61H102N20O27/c1-25(2)20-36(56(104)79-38(24-83)58(106)78-37(21-40(64)86)57(105)75-34(12-17-44(92)93)53(101)74-33(11-16-43(90)91)52(100)71-30(48(65)96)8-7-19-68-61(66)67)77-55(103)32(10-15-42(88)89)72-49(97)27(5)70-41(87)22-69-51(99)31(9-14-39(63)85)73-54(102)35(13-18-45(94)95)76-60(108)47(28(6)84)81-59(107)46(26(3)4)80-50(98)29(62)23-82/h25-38,46-47,82-84H,7-24,62H2,1-6H3,(H2,63,85)(H2,64,86)(H2,65,96)(H,69,99)(H,70,87)(H,71,100)(H,72,97)(H,73,102)(H,74,101)(H,75,105)(H,76,108)(H,77,103)(H,78,106)(H,79,104)(H,80,98)(H,81,107)(H,88,89)(H,90,91)(H,92,93)(H,94,95)(H4,66,67,68)/t27-,28+,29-,30-,31-,32-,33-,34-,35-,36-,37-,38-,46-,47-/m0/s1. The lowest BCUT2D eigenvalue weighted by Gasteiger charge is -2.28. The molecule has 0 bridgehead atoms. The monoisotopic (exact) mass is 1550 g/mol. The van der Waals surface area contributed by atoms with E-state index in [2.05, 4.69) is 68.8 Å². The highest BCUT2D eigenvalue weighted by molar-refractivity contribution is 6.01. The van der Waals surface area contributed by atoms with Crippen molar-refractivity contribution in [3.05, 3.63) is 0 Å². The second-order valence-electron chi connectivity index (χ2n) is 25.4. The first-order chi connectivity index (χ1) is 50.2. The summed E-state index contributed by atoms with van der Waals surface area (Å²) >= 11 is 0. The molecule has 47 heteroatoms. The number of carbonyl (C=O) groups excluding carboxylic acids is 16. The molecule has 0 rings (SSSR count). The smallest absolute Gasteiger partial charge is 0.303 e. The summed E-state index contributed by atoms with van der Waals surface area (Å²) in [5.74, 6) is -26.8. The van der Waals surface area contributed by atoms with E-state index >= 15 is 0 Å². The highest BCUT2D eigenvalue weighted by atomic mass is 16.4. The molecule has 0 spiro atoms. The van der Waals surface area contributed by atoms with Crippen molar-refractivity contribution in [1.29, 1.82) is 0 Å². The molecule has 14 atom stereocenters. The molecule has 0 radical (unpaired) electrons. The molecule has 0 saturated carbocycles. The van der Waals surface area contributed by atoms with Gasteiger partial charge in [0.05, 0.1) is 32.3 Å². The van der Waals surface area contributed by atoms with Crippen LogP contribution in [0.25, 0.3) is 0 Å². The number of nitrogens with two attached hydrogens (primary N) is 6. The third-order valence-electron chi connectivity index (χ3n) is 15.3. The molecule has 0 aliphatic rings. The number of aliphatic imine (C=N–C) groups is 1. The predicted octanol–water partition coefficient (Wildman–Crippen LogP) is -12.5. The molecular weight excluding hydrogens is 1440 g/mol. The molecule has 0 heterocycles. The van der Waals surface area contributed by atoms with E-state index in [-0.39, 0.29) is 31.8 Å². The summed E-state index contributed by atoms with van der Waals surface area (Å²) in [4.78, 5) is 263. The zero-order valence-electron chi connectivity index (χ0n) is 60.2. The Morgan fingerprint density at radius 3 is 1.12 bits per heavy atom. The Kier molecular flexibility index (Phi) is 44.1. The Morgan fingerprint density at radius 1 is 0.370 bits per heavy atom. The quantitative estimate of drug-likeness (QED) is 0.0153. The molecule has 16 amide bonds. The van der Waals surface area contributed by atoms with Crippen LogP contribution in [0.15, 0.2) is 4.99 Å². The molecule has 0 saturated heterocycles. The van der Waals surface area contributed by atoms with Gasteiger partial charge in [0.25, 0.3) is 0 Å². The highest BCUT2D eigenvalue weighted by Gasteiger charge is 2.39. The SMILES string of the molecule is CC(C)C[C@H](NC(=O)[C@H](CCC(=O)O)NC(=O)[C@H](C)NC(=O)CNC(=O)[C@H](CCC(N)=O)NC(=O)[C@H](CCC(=O)O)NC(=O)[C@@H](NC(=O)[C@@H](NC(=O)[C@@H](N)CO)C(C)C)[C@@H](C)O)C(=O)N[C@@H](CO)C(=O)N[C@@H](CC(N)=O)C(=O)N[C@@H](CCC(=O)O)C(=O)N[C@@H](CCC(=O)O)C(=O)N[C@@H](CCCN=C(N)N)C(N)=O. The molecule has 0 aromatic carbocycles. The number of aliphatic hydroxyl groups excluding tert-OH is 3. The van der Waals surface area contributed by atoms with E-state index in [1.54, 1.807) is 13.8 Å². The molecule has 0 unspecified atom stereocenters. The molecule has 0 aliphatic carbocycles. The van der Waals surface area contributed by atoms with Gasteiger partial charge in [-0.1, -0.05) is 27.7 Å². The summed E-state index contributed by atoms with van der Waals surface area (Å²) in [7, 11) is 0. The maximum absolute atomic E-state index is 14.0. The van der Waals surface area contributed by atoms with Gasteiger partial charge in [0, 0.05) is 38.6 Å².